The summed E-state index contributed by atoms with van der Waals surface area (Å²) in [4.78, 5) is 11.2. The highest BCUT2D eigenvalue weighted by Crippen LogP contribution is 2.30. The Morgan fingerprint density at radius 1 is 1.50 bits per heavy atom. The molecule has 1 amide bonds. The maximum Gasteiger partial charge on any atom is 0.252 e. The summed E-state index contributed by atoms with van der Waals surface area (Å²) in [6, 6.07) is 5.06. The molecule has 0 saturated carbocycles. The van der Waals surface area contributed by atoms with Crippen LogP contribution in [0.3, 0.4) is 0 Å². The van der Waals surface area contributed by atoms with E-state index in [4.69, 9.17) is 15.2 Å². The fraction of sp³-hybridized carbons (Fsp3) is 0.364. The molecule has 0 unspecified atom stereocenters. The number of hydrogen-bond donors (Lipinski definition) is 1. The van der Waals surface area contributed by atoms with Gasteiger partial charge in [0.05, 0.1) is 19.3 Å². The van der Waals surface area contributed by atoms with E-state index in [1.54, 1.807) is 18.2 Å². The van der Waals surface area contributed by atoms with Gasteiger partial charge in [0, 0.05) is 5.33 Å². The van der Waals surface area contributed by atoms with Crippen LogP contribution in [0.25, 0.3) is 0 Å². The second-order valence-electron chi connectivity index (χ2n) is 3.09. The van der Waals surface area contributed by atoms with Gasteiger partial charge in [-0.15, -0.1) is 0 Å². The van der Waals surface area contributed by atoms with Gasteiger partial charge in [-0.05, 0) is 18.6 Å². The molecule has 88 valence electrons. The van der Waals surface area contributed by atoms with Gasteiger partial charge in [0.25, 0.3) is 5.91 Å². The molecular formula is C11H14BrNO3. The quantitative estimate of drug-likeness (QED) is 0.643. The summed E-state index contributed by atoms with van der Waals surface area (Å²) in [7, 11) is 1.53. The molecule has 2 N–H and O–H groups in total. The number of methoxy groups -OCH3 is 1. The van der Waals surface area contributed by atoms with Crippen LogP contribution in [0.2, 0.25) is 0 Å². The average Bonchev–Trinajstić information content (AvgIpc) is 2.29. The largest absolute Gasteiger partial charge is 0.493 e. The first-order chi connectivity index (χ1) is 7.70. The second-order valence-corrected chi connectivity index (χ2v) is 3.89. The van der Waals surface area contributed by atoms with Crippen molar-refractivity contribution in [2.45, 2.75) is 6.42 Å². The molecule has 1 aromatic carbocycles. The lowest BCUT2D eigenvalue weighted by Gasteiger charge is -2.12. The Labute approximate surface area is 103 Å². The lowest BCUT2D eigenvalue weighted by atomic mass is 10.2. The number of rotatable bonds is 6. The van der Waals surface area contributed by atoms with Crippen LogP contribution in [0, 0.1) is 0 Å². The number of carbonyl (C=O) groups excluding carboxylic acids is 1. The highest BCUT2D eigenvalue weighted by Gasteiger charge is 2.14. The first-order valence-corrected chi connectivity index (χ1v) is 5.98. The lowest BCUT2D eigenvalue weighted by Crippen LogP contribution is -2.14. The number of primary amides is 1. The maximum absolute atomic E-state index is 11.2. The van der Waals surface area contributed by atoms with Crippen LogP contribution < -0.4 is 15.2 Å². The van der Waals surface area contributed by atoms with Crippen LogP contribution in [-0.4, -0.2) is 25.0 Å². The average molecular weight is 288 g/mol. The molecule has 0 aromatic heterocycles. The minimum Gasteiger partial charge on any atom is -0.493 e. The van der Waals surface area contributed by atoms with Crippen molar-refractivity contribution in [1.29, 1.82) is 0 Å². The smallest absolute Gasteiger partial charge is 0.252 e. The predicted molar refractivity (Wildman–Crippen MR) is 65.4 cm³/mol. The number of para-hydroxylation sites is 1. The number of hydrogen-bond acceptors (Lipinski definition) is 3. The number of ether oxygens (including phenoxy) is 2. The normalized spacial score (nSPS) is 9.88. The summed E-state index contributed by atoms with van der Waals surface area (Å²) in [6.07, 6.45) is 0.844. The Balaban J connectivity index is 2.95. The molecule has 1 rings (SSSR count). The third-order valence-corrected chi connectivity index (χ3v) is 2.55. The fourth-order valence-electron chi connectivity index (χ4n) is 1.25. The molecule has 16 heavy (non-hydrogen) atoms. The predicted octanol–water partition coefficient (Wildman–Crippen LogP) is 1.96. The summed E-state index contributed by atoms with van der Waals surface area (Å²) in [6.45, 7) is 0.506. The molecule has 0 aliphatic carbocycles. The van der Waals surface area contributed by atoms with Crippen LogP contribution in [0.15, 0.2) is 18.2 Å². The molecule has 0 aliphatic heterocycles. The van der Waals surface area contributed by atoms with E-state index in [1.807, 2.05) is 0 Å². The van der Waals surface area contributed by atoms with Crippen molar-refractivity contribution < 1.29 is 14.3 Å². The summed E-state index contributed by atoms with van der Waals surface area (Å²) in [5, 5.41) is 0.841. The van der Waals surface area contributed by atoms with Crippen molar-refractivity contribution in [3.05, 3.63) is 23.8 Å². The molecule has 0 aliphatic rings. The van der Waals surface area contributed by atoms with E-state index >= 15 is 0 Å². The molecule has 0 fully saturated rings. The second kappa shape index (κ2) is 6.37. The first-order valence-electron chi connectivity index (χ1n) is 4.86. The van der Waals surface area contributed by atoms with Crippen molar-refractivity contribution in [3.8, 4) is 11.5 Å². The molecule has 0 spiro atoms. The van der Waals surface area contributed by atoms with Crippen molar-refractivity contribution in [2.75, 3.05) is 19.0 Å². The van der Waals surface area contributed by atoms with Crippen LogP contribution in [0.5, 0.6) is 11.5 Å². The summed E-state index contributed by atoms with van der Waals surface area (Å²) in [5.74, 6) is 0.414. The molecular weight excluding hydrogens is 274 g/mol. The van der Waals surface area contributed by atoms with Crippen molar-refractivity contribution in [3.63, 3.8) is 0 Å². The Bertz CT molecular complexity index is 368. The van der Waals surface area contributed by atoms with E-state index < -0.39 is 5.91 Å². The number of benzene rings is 1. The Morgan fingerprint density at radius 3 is 2.81 bits per heavy atom. The molecule has 0 bridgehead atoms. The van der Waals surface area contributed by atoms with Crippen molar-refractivity contribution in [1.82, 2.24) is 0 Å². The monoisotopic (exact) mass is 287 g/mol. The van der Waals surface area contributed by atoms with Gasteiger partial charge in [0.2, 0.25) is 0 Å². The van der Waals surface area contributed by atoms with Gasteiger partial charge in [-0.2, -0.15) is 0 Å². The van der Waals surface area contributed by atoms with Gasteiger partial charge in [0.1, 0.15) is 0 Å². The molecule has 0 heterocycles. The van der Waals surface area contributed by atoms with Crippen molar-refractivity contribution >= 4 is 21.8 Å². The van der Waals surface area contributed by atoms with Crippen LogP contribution >= 0.6 is 15.9 Å². The molecule has 1 aromatic rings. The zero-order valence-corrected chi connectivity index (χ0v) is 10.6. The van der Waals surface area contributed by atoms with Gasteiger partial charge < -0.3 is 15.2 Å². The molecule has 4 nitrogen and oxygen atoms in total. The standard InChI is InChI=1S/C11H14BrNO3/c1-15-9-5-2-4-8(11(13)14)10(9)16-7-3-6-12/h2,4-5H,3,6-7H2,1H3,(H2,13,14). The molecule has 0 saturated heterocycles. The SMILES string of the molecule is COc1cccc(C(N)=O)c1OCCCBr. The number of halogens is 1. The zero-order chi connectivity index (χ0) is 12.0. The van der Waals surface area contributed by atoms with Gasteiger partial charge in [-0.1, -0.05) is 22.0 Å². The summed E-state index contributed by atoms with van der Waals surface area (Å²) >= 11 is 3.30. The minimum atomic E-state index is -0.521. The third kappa shape index (κ3) is 3.13. The van der Waals surface area contributed by atoms with E-state index in [-0.39, 0.29) is 0 Å². The van der Waals surface area contributed by atoms with Crippen LogP contribution in [0.4, 0.5) is 0 Å². The number of alkyl halides is 1. The van der Waals surface area contributed by atoms with E-state index in [0.717, 1.165) is 11.8 Å². The number of amides is 1. The van der Waals surface area contributed by atoms with Crippen LogP contribution in [0.1, 0.15) is 16.8 Å². The van der Waals surface area contributed by atoms with E-state index in [2.05, 4.69) is 15.9 Å². The number of nitrogens with two attached hydrogens (primary N) is 1. The minimum absolute atomic E-state index is 0.342. The molecule has 0 atom stereocenters. The topological polar surface area (TPSA) is 61.5 Å². The lowest BCUT2D eigenvalue weighted by molar-refractivity contribution is 0.0995. The van der Waals surface area contributed by atoms with Gasteiger partial charge in [-0.25, -0.2) is 0 Å². The first kappa shape index (κ1) is 12.8. The number of carbonyl (C=O) groups is 1. The Morgan fingerprint density at radius 2 is 2.25 bits per heavy atom. The van der Waals surface area contributed by atoms with E-state index in [0.29, 0.717) is 23.7 Å². The highest BCUT2D eigenvalue weighted by atomic mass is 79.9. The van der Waals surface area contributed by atoms with Crippen LogP contribution in [-0.2, 0) is 0 Å². The molecule has 0 radical (unpaired) electrons. The fourth-order valence-corrected chi connectivity index (χ4v) is 1.48. The van der Waals surface area contributed by atoms with Crippen molar-refractivity contribution in [2.24, 2.45) is 5.73 Å². The van der Waals surface area contributed by atoms with E-state index in [9.17, 15) is 4.79 Å². The maximum atomic E-state index is 11.2. The molecule has 5 heteroatoms. The van der Waals surface area contributed by atoms with E-state index in [1.165, 1.54) is 7.11 Å². The summed E-state index contributed by atoms with van der Waals surface area (Å²) < 4.78 is 10.6. The van der Waals surface area contributed by atoms with Gasteiger partial charge >= 0.3 is 0 Å². The zero-order valence-electron chi connectivity index (χ0n) is 9.03. The third-order valence-electron chi connectivity index (χ3n) is 1.99. The highest BCUT2D eigenvalue weighted by molar-refractivity contribution is 9.09. The Hall–Kier alpha value is -1.23. The summed E-state index contributed by atoms with van der Waals surface area (Å²) in [5.41, 5.74) is 5.60. The van der Waals surface area contributed by atoms with Gasteiger partial charge in [0.15, 0.2) is 11.5 Å². The van der Waals surface area contributed by atoms with Gasteiger partial charge in [-0.3, -0.25) is 4.79 Å². The Kier molecular flexibility index (Phi) is 5.11.